The molecule has 0 aromatic heterocycles. The second-order valence-electron chi connectivity index (χ2n) is 5.41. The minimum atomic E-state index is -0.940. The van der Waals surface area contributed by atoms with E-state index in [1.165, 1.54) is 25.7 Å². The zero-order valence-electron chi connectivity index (χ0n) is 11.7. The lowest BCUT2D eigenvalue weighted by Crippen LogP contribution is -2.24. The molecule has 0 radical (unpaired) electrons. The fourth-order valence-corrected chi connectivity index (χ4v) is 2.99. The van der Waals surface area contributed by atoms with E-state index >= 15 is 0 Å². The molecule has 3 nitrogen and oxygen atoms in total. The van der Waals surface area contributed by atoms with Crippen LogP contribution in [0.2, 0.25) is 5.02 Å². The van der Waals surface area contributed by atoms with Gasteiger partial charge in [0.1, 0.15) is 0 Å². The van der Waals surface area contributed by atoms with Crippen molar-refractivity contribution in [2.45, 2.75) is 25.7 Å². The van der Waals surface area contributed by atoms with Crippen LogP contribution in [0.4, 0.5) is 5.69 Å². The second kappa shape index (κ2) is 6.80. The largest absolute Gasteiger partial charge is 0.478 e. The highest BCUT2D eigenvalue weighted by molar-refractivity contribution is 6.31. The van der Waals surface area contributed by atoms with Crippen molar-refractivity contribution in [2.75, 3.05) is 18.5 Å². The number of carboxylic acids is 1. The number of anilines is 1. The highest BCUT2D eigenvalue weighted by atomic mass is 35.5. The van der Waals surface area contributed by atoms with E-state index in [0.717, 1.165) is 29.8 Å². The van der Waals surface area contributed by atoms with Gasteiger partial charge in [0.15, 0.2) is 0 Å². The fraction of sp³-hybridized carbons (Fsp3) is 0.438. The van der Waals surface area contributed by atoms with Crippen molar-refractivity contribution in [3.05, 3.63) is 34.9 Å². The Labute approximate surface area is 124 Å². The molecule has 1 aromatic carbocycles. The molecule has 1 N–H and O–H groups in total. The van der Waals surface area contributed by atoms with Crippen LogP contribution in [0.15, 0.2) is 24.3 Å². The van der Waals surface area contributed by atoms with Crippen molar-refractivity contribution < 1.29 is 9.90 Å². The molecule has 0 saturated heterocycles. The van der Waals surface area contributed by atoms with Crippen LogP contribution >= 0.6 is 11.6 Å². The van der Waals surface area contributed by atoms with Crippen molar-refractivity contribution >= 4 is 29.3 Å². The first kappa shape index (κ1) is 14.9. The molecule has 0 unspecified atom stereocenters. The van der Waals surface area contributed by atoms with Gasteiger partial charge in [0.25, 0.3) is 0 Å². The summed E-state index contributed by atoms with van der Waals surface area (Å²) in [4.78, 5) is 12.9. The van der Waals surface area contributed by atoms with E-state index in [0.29, 0.717) is 5.02 Å². The van der Waals surface area contributed by atoms with Gasteiger partial charge in [-0.05, 0) is 42.5 Å². The van der Waals surface area contributed by atoms with Crippen LogP contribution in [0.3, 0.4) is 0 Å². The zero-order chi connectivity index (χ0) is 14.5. The Balaban J connectivity index is 2.18. The van der Waals surface area contributed by atoms with Crippen molar-refractivity contribution in [3.63, 3.8) is 0 Å². The Morgan fingerprint density at radius 3 is 2.80 bits per heavy atom. The standard InChI is InChI=1S/C16H20ClNO2/c1-18(11-12-4-2-3-5-12)15-10-14(17)8-6-13(15)7-9-16(19)20/h6-10,12H,2-5,11H2,1H3,(H,19,20)/b9-7+. The minimum absolute atomic E-state index is 0.672. The van der Waals surface area contributed by atoms with Gasteiger partial charge >= 0.3 is 5.97 Å². The molecule has 20 heavy (non-hydrogen) atoms. The molecular weight excluding hydrogens is 274 g/mol. The van der Waals surface area contributed by atoms with Crippen molar-refractivity contribution in [3.8, 4) is 0 Å². The summed E-state index contributed by atoms with van der Waals surface area (Å²) in [5, 5.41) is 9.43. The molecule has 4 heteroatoms. The topological polar surface area (TPSA) is 40.5 Å². The smallest absolute Gasteiger partial charge is 0.328 e. The number of aliphatic carboxylic acids is 1. The van der Waals surface area contributed by atoms with Gasteiger partial charge in [-0.15, -0.1) is 0 Å². The number of hydrogen-bond acceptors (Lipinski definition) is 2. The molecule has 1 aromatic rings. The SMILES string of the molecule is CN(CC1CCCC1)c1cc(Cl)ccc1/C=C/C(=O)O. The molecule has 0 bridgehead atoms. The Morgan fingerprint density at radius 2 is 2.15 bits per heavy atom. The van der Waals surface area contributed by atoms with Crippen LogP contribution in [0.5, 0.6) is 0 Å². The molecule has 1 fully saturated rings. The van der Waals surface area contributed by atoms with E-state index in [1.807, 2.05) is 19.2 Å². The summed E-state index contributed by atoms with van der Waals surface area (Å²) in [7, 11) is 2.04. The summed E-state index contributed by atoms with van der Waals surface area (Å²) in [6, 6.07) is 5.55. The molecule has 1 saturated carbocycles. The zero-order valence-corrected chi connectivity index (χ0v) is 12.4. The minimum Gasteiger partial charge on any atom is -0.478 e. The molecule has 1 aliphatic rings. The second-order valence-corrected chi connectivity index (χ2v) is 5.84. The average molecular weight is 294 g/mol. The molecule has 0 atom stereocenters. The van der Waals surface area contributed by atoms with Gasteiger partial charge in [-0.1, -0.05) is 30.5 Å². The molecule has 0 spiro atoms. The first-order valence-corrected chi connectivity index (χ1v) is 7.36. The molecular formula is C16H20ClNO2. The highest BCUT2D eigenvalue weighted by Gasteiger charge is 2.18. The molecule has 0 aliphatic heterocycles. The third-order valence-corrected chi connectivity index (χ3v) is 4.05. The predicted molar refractivity (Wildman–Crippen MR) is 83.3 cm³/mol. The summed E-state index contributed by atoms with van der Waals surface area (Å²) in [5.41, 5.74) is 1.87. The van der Waals surface area contributed by atoms with Gasteiger partial charge in [0.05, 0.1) is 0 Å². The molecule has 1 aliphatic carbocycles. The number of carbonyl (C=O) groups is 1. The van der Waals surface area contributed by atoms with Crippen LogP contribution in [0.1, 0.15) is 31.2 Å². The van der Waals surface area contributed by atoms with Crippen molar-refractivity contribution in [1.82, 2.24) is 0 Å². The lowest BCUT2D eigenvalue weighted by atomic mass is 10.1. The number of benzene rings is 1. The first-order valence-electron chi connectivity index (χ1n) is 6.98. The number of carboxylic acid groups (broad SMARTS) is 1. The number of halogens is 1. The fourth-order valence-electron chi connectivity index (χ4n) is 2.83. The summed E-state index contributed by atoms with van der Waals surface area (Å²) >= 11 is 6.07. The van der Waals surface area contributed by atoms with Gasteiger partial charge in [0.2, 0.25) is 0 Å². The van der Waals surface area contributed by atoms with Crippen LogP contribution in [0, 0.1) is 5.92 Å². The van der Waals surface area contributed by atoms with Gasteiger partial charge < -0.3 is 10.0 Å². The van der Waals surface area contributed by atoms with Gasteiger partial charge in [0, 0.05) is 30.4 Å². The van der Waals surface area contributed by atoms with E-state index < -0.39 is 5.97 Å². The third kappa shape index (κ3) is 4.01. The predicted octanol–water partition coefficient (Wildman–Crippen LogP) is 4.06. The van der Waals surface area contributed by atoms with Crippen LogP contribution in [-0.4, -0.2) is 24.7 Å². The Kier molecular flexibility index (Phi) is 5.07. The monoisotopic (exact) mass is 293 g/mol. The lowest BCUT2D eigenvalue weighted by Gasteiger charge is -2.25. The Bertz CT molecular complexity index is 507. The van der Waals surface area contributed by atoms with E-state index in [9.17, 15) is 4.79 Å². The summed E-state index contributed by atoms with van der Waals surface area (Å²) in [6.07, 6.45) is 7.99. The maximum atomic E-state index is 10.7. The summed E-state index contributed by atoms with van der Waals surface area (Å²) in [5.74, 6) is -0.209. The maximum absolute atomic E-state index is 10.7. The van der Waals surface area contributed by atoms with Crippen molar-refractivity contribution in [2.24, 2.45) is 5.92 Å². The maximum Gasteiger partial charge on any atom is 0.328 e. The molecule has 0 amide bonds. The quantitative estimate of drug-likeness (QED) is 0.832. The van der Waals surface area contributed by atoms with Gasteiger partial charge in [-0.3, -0.25) is 0 Å². The molecule has 0 heterocycles. The summed E-state index contributed by atoms with van der Waals surface area (Å²) < 4.78 is 0. The number of nitrogens with zero attached hydrogens (tertiary/aromatic N) is 1. The third-order valence-electron chi connectivity index (χ3n) is 3.82. The average Bonchev–Trinajstić information content (AvgIpc) is 2.89. The lowest BCUT2D eigenvalue weighted by molar-refractivity contribution is -0.131. The van der Waals surface area contributed by atoms with E-state index in [2.05, 4.69) is 4.90 Å². The van der Waals surface area contributed by atoms with Gasteiger partial charge in [-0.2, -0.15) is 0 Å². The van der Waals surface area contributed by atoms with Crippen LogP contribution in [-0.2, 0) is 4.79 Å². The van der Waals surface area contributed by atoms with Crippen LogP contribution < -0.4 is 4.90 Å². The van der Waals surface area contributed by atoms with Crippen LogP contribution in [0.25, 0.3) is 6.08 Å². The highest BCUT2D eigenvalue weighted by Crippen LogP contribution is 2.30. The van der Waals surface area contributed by atoms with E-state index in [4.69, 9.17) is 16.7 Å². The first-order chi connectivity index (χ1) is 9.56. The normalized spacial score (nSPS) is 15.9. The molecule has 2 rings (SSSR count). The Morgan fingerprint density at radius 1 is 1.45 bits per heavy atom. The molecule has 108 valence electrons. The summed E-state index contributed by atoms with van der Waals surface area (Å²) in [6.45, 7) is 0.994. The van der Waals surface area contributed by atoms with E-state index in [-0.39, 0.29) is 0 Å². The van der Waals surface area contributed by atoms with Crippen molar-refractivity contribution in [1.29, 1.82) is 0 Å². The number of rotatable bonds is 5. The Hall–Kier alpha value is -1.48. The van der Waals surface area contributed by atoms with E-state index in [1.54, 1.807) is 12.1 Å². The van der Waals surface area contributed by atoms with Gasteiger partial charge in [-0.25, -0.2) is 4.79 Å². The number of hydrogen-bond donors (Lipinski definition) is 1.